The lowest BCUT2D eigenvalue weighted by atomic mass is 9.63. The lowest BCUT2D eigenvalue weighted by molar-refractivity contribution is -0.0927. The van der Waals surface area contributed by atoms with Crippen LogP contribution in [0.5, 0.6) is 0 Å². The van der Waals surface area contributed by atoms with E-state index in [9.17, 15) is 0 Å². The van der Waals surface area contributed by atoms with Gasteiger partial charge >= 0.3 is 0 Å². The maximum Gasteiger partial charge on any atom is 0.174 e. The van der Waals surface area contributed by atoms with Crippen LogP contribution in [0.15, 0.2) is 0 Å². The summed E-state index contributed by atoms with van der Waals surface area (Å²) in [4.78, 5) is 0. The average Bonchev–Trinajstić information content (AvgIpc) is 3.19. The van der Waals surface area contributed by atoms with Crippen LogP contribution in [-0.2, 0) is 4.43 Å². The van der Waals surface area contributed by atoms with Gasteiger partial charge in [0.25, 0.3) is 0 Å². The van der Waals surface area contributed by atoms with E-state index in [4.69, 9.17) is 4.43 Å². The molecule has 0 aromatic heterocycles. The molecule has 1 aliphatic rings. The van der Waals surface area contributed by atoms with Crippen molar-refractivity contribution in [2.75, 3.05) is 0 Å². The molecule has 1 rings (SSSR count). The third kappa shape index (κ3) is 25.5. The highest BCUT2D eigenvalue weighted by Gasteiger charge is 2.63. The molecular formula is C55H114OSi2. The minimum atomic E-state index is -1.76. The van der Waals surface area contributed by atoms with Crippen LogP contribution in [0, 0.1) is 5.41 Å². The maximum atomic E-state index is 8.14. The summed E-state index contributed by atoms with van der Waals surface area (Å²) in [5.74, 6) is 0. The van der Waals surface area contributed by atoms with Crippen LogP contribution in [-0.4, -0.2) is 21.0 Å². The minimum absolute atomic E-state index is 0.143. The first-order chi connectivity index (χ1) is 28.2. The number of unbranched alkanes of at least 4 members (excludes halogenated alkanes) is 36. The SMILES string of the molecule is CCCCCCCCCCCCC1(CCCCCCCCCCCC)C[Si](C)(C)[Si](C)(C)OC1(CCCCCCCCCCCC)CCCCCCCCCCCC. The van der Waals surface area contributed by atoms with E-state index >= 15 is 0 Å². The van der Waals surface area contributed by atoms with Crippen LogP contribution in [0.2, 0.25) is 32.2 Å². The van der Waals surface area contributed by atoms with Gasteiger partial charge in [0.05, 0.1) is 13.2 Å². The highest BCUT2D eigenvalue weighted by Crippen LogP contribution is 2.59. The zero-order valence-corrected chi connectivity index (χ0v) is 44.2. The largest absolute Gasteiger partial charge is 0.414 e. The van der Waals surface area contributed by atoms with Crippen LogP contribution in [0.3, 0.4) is 0 Å². The maximum absolute atomic E-state index is 8.14. The molecule has 0 radical (unpaired) electrons. The fourth-order valence-electron chi connectivity index (χ4n) is 11.2. The minimum Gasteiger partial charge on any atom is -0.414 e. The fraction of sp³-hybridized carbons (Fsp3) is 1.00. The summed E-state index contributed by atoms with van der Waals surface area (Å²) >= 11 is 0. The lowest BCUT2D eigenvalue weighted by Gasteiger charge is -2.64. The molecule has 1 nitrogen and oxygen atoms in total. The predicted molar refractivity (Wildman–Crippen MR) is 272 cm³/mol. The zero-order chi connectivity index (χ0) is 42.5. The van der Waals surface area contributed by atoms with E-state index in [-0.39, 0.29) is 5.60 Å². The van der Waals surface area contributed by atoms with Gasteiger partial charge in [0.1, 0.15) is 0 Å². The fourth-order valence-corrected chi connectivity index (χ4v) is 19.3. The highest BCUT2D eigenvalue weighted by molar-refractivity contribution is 7.38. The Hall–Kier alpha value is 0.394. The normalized spacial score (nSPS) is 17.0. The van der Waals surface area contributed by atoms with E-state index in [1.54, 1.807) is 6.04 Å². The molecule has 1 saturated heterocycles. The van der Waals surface area contributed by atoms with Crippen LogP contribution in [0.4, 0.5) is 0 Å². The van der Waals surface area contributed by atoms with Gasteiger partial charge in [-0.25, -0.2) is 0 Å². The molecule has 0 saturated carbocycles. The molecule has 348 valence electrons. The first kappa shape index (κ1) is 56.4. The zero-order valence-electron chi connectivity index (χ0n) is 42.2. The Kier molecular flexibility index (Phi) is 35.8. The third-order valence-electron chi connectivity index (χ3n) is 15.7. The summed E-state index contributed by atoms with van der Waals surface area (Å²) in [7, 11) is -3.24. The first-order valence-electron chi connectivity index (χ1n) is 27.9. The third-order valence-corrected chi connectivity index (χ3v) is 32.1. The summed E-state index contributed by atoms with van der Waals surface area (Å²) in [5.41, 5.74) is 0.564. The van der Waals surface area contributed by atoms with Gasteiger partial charge in [0.2, 0.25) is 0 Å². The van der Waals surface area contributed by atoms with Crippen molar-refractivity contribution in [2.24, 2.45) is 5.41 Å². The molecule has 0 amide bonds. The predicted octanol–water partition coefficient (Wildman–Crippen LogP) is 21.0. The summed E-state index contributed by atoms with van der Waals surface area (Å²) < 4.78 is 8.14. The van der Waals surface area contributed by atoms with E-state index < -0.39 is 15.4 Å². The summed E-state index contributed by atoms with van der Waals surface area (Å²) in [6, 6.07) is 1.57. The Morgan fingerprint density at radius 2 is 0.500 bits per heavy atom. The molecule has 0 bridgehead atoms. The van der Waals surface area contributed by atoms with Crippen molar-refractivity contribution in [1.82, 2.24) is 0 Å². The average molecular weight is 848 g/mol. The van der Waals surface area contributed by atoms with E-state index in [0.29, 0.717) is 5.41 Å². The molecule has 0 spiro atoms. The number of hydrogen-bond donors (Lipinski definition) is 0. The first-order valence-corrected chi connectivity index (χ1v) is 35.0. The molecule has 3 heteroatoms. The Bertz CT molecular complexity index is 748. The summed E-state index contributed by atoms with van der Waals surface area (Å²) in [6.07, 6.45) is 63.5. The second-order valence-corrected chi connectivity index (χ2v) is 36.7. The van der Waals surface area contributed by atoms with Crippen LogP contribution in [0.25, 0.3) is 0 Å². The van der Waals surface area contributed by atoms with Crippen molar-refractivity contribution < 1.29 is 4.43 Å². The van der Waals surface area contributed by atoms with Gasteiger partial charge < -0.3 is 4.43 Å². The van der Waals surface area contributed by atoms with Crippen molar-refractivity contribution >= 4 is 15.4 Å². The van der Waals surface area contributed by atoms with Crippen molar-refractivity contribution in [2.45, 2.75) is 348 Å². The Morgan fingerprint density at radius 1 is 0.293 bits per heavy atom. The van der Waals surface area contributed by atoms with Gasteiger partial charge in [-0.05, 0) is 50.2 Å². The molecular weight excluding hydrogens is 733 g/mol. The number of hydrogen-bond acceptors (Lipinski definition) is 1. The second kappa shape index (κ2) is 36.8. The van der Waals surface area contributed by atoms with Gasteiger partial charge in [0, 0.05) is 0 Å². The lowest BCUT2D eigenvalue weighted by Crippen LogP contribution is -2.72. The standard InChI is InChI=1S/C55H114OSi2/c1-9-13-17-21-25-29-33-37-41-45-49-54(50-46-42-38-34-30-26-22-18-14-10-2)53-57(5,6)58(7,8)56-55(54,51-47-43-39-35-31-27-23-19-15-11-3)52-48-44-40-36-32-28-24-20-16-12-4/h9-53H2,1-8H3. The van der Waals surface area contributed by atoms with Gasteiger partial charge in [0.15, 0.2) is 7.83 Å². The summed E-state index contributed by atoms with van der Waals surface area (Å²) in [6.45, 7) is 20.3. The van der Waals surface area contributed by atoms with Crippen LogP contribution >= 0.6 is 0 Å². The van der Waals surface area contributed by atoms with Crippen molar-refractivity contribution in [3.63, 3.8) is 0 Å². The molecule has 0 unspecified atom stereocenters. The van der Waals surface area contributed by atoms with Crippen molar-refractivity contribution in [3.05, 3.63) is 0 Å². The molecule has 0 aromatic carbocycles. The summed E-state index contributed by atoms with van der Waals surface area (Å²) in [5, 5.41) is 0. The molecule has 0 aromatic rings. The molecule has 1 aliphatic heterocycles. The molecule has 1 fully saturated rings. The van der Waals surface area contributed by atoms with Gasteiger partial charge in [-0.15, -0.1) is 0 Å². The monoisotopic (exact) mass is 847 g/mol. The van der Waals surface area contributed by atoms with Gasteiger partial charge in [-0.3, -0.25) is 0 Å². The van der Waals surface area contributed by atoms with Crippen LogP contribution in [0.1, 0.15) is 310 Å². The Labute approximate surface area is 371 Å². The van der Waals surface area contributed by atoms with Gasteiger partial charge in [-0.1, -0.05) is 298 Å². The molecule has 0 aliphatic carbocycles. The smallest absolute Gasteiger partial charge is 0.174 e. The molecule has 0 atom stereocenters. The second-order valence-electron chi connectivity index (χ2n) is 21.7. The Balaban J connectivity index is 3.15. The van der Waals surface area contributed by atoms with E-state index in [2.05, 4.69) is 53.9 Å². The topological polar surface area (TPSA) is 9.23 Å². The van der Waals surface area contributed by atoms with E-state index in [1.807, 2.05) is 0 Å². The van der Waals surface area contributed by atoms with E-state index in [1.165, 1.54) is 283 Å². The quantitative estimate of drug-likeness (QED) is 0.0438. The molecule has 58 heavy (non-hydrogen) atoms. The number of rotatable bonds is 44. The van der Waals surface area contributed by atoms with Crippen molar-refractivity contribution in [3.8, 4) is 0 Å². The highest BCUT2D eigenvalue weighted by atomic mass is 29.3. The van der Waals surface area contributed by atoms with Crippen molar-refractivity contribution in [1.29, 1.82) is 0 Å². The Morgan fingerprint density at radius 3 is 0.741 bits per heavy atom. The molecule has 1 heterocycles. The van der Waals surface area contributed by atoms with Gasteiger partial charge in [-0.2, -0.15) is 0 Å². The van der Waals surface area contributed by atoms with E-state index in [0.717, 1.165) is 0 Å². The van der Waals surface area contributed by atoms with Crippen LogP contribution < -0.4 is 0 Å². The molecule has 0 N–H and O–H groups in total.